The molecule has 3 rings (SSSR count). The molecule has 28 heavy (non-hydrogen) atoms. The Morgan fingerprint density at radius 2 is 1.75 bits per heavy atom. The lowest BCUT2D eigenvalue weighted by Gasteiger charge is -2.18. The summed E-state index contributed by atoms with van der Waals surface area (Å²) in [6.45, 7) is 6.51. The number of hydrogen-bond acceptors (Lipinski definition) is 5. The van der Waals surface area contributed by atoms with Crippen LogP contribution in [0.3, 0.4) is 0 Å². The van der Waals surface area contributed by atoms with E-state index in [4.69, 9.17) is 13.9 Å². The minimum atomic E-state index is -0.314. The van der Waals surface area contributed by atoms with Gasteiger partial charge in [0.25, 0.3) is 5.91 Å². The number of carbonyl (C=O) groups is 1. The van der Waals surface area contributed by atoms with E-state index in [2.05, 4.69) is 24.1 Å². The van der Waals surface area contributed by atoms with Crippen LogP contribution in [0.1, 0.15) is 39.1 Å². The zero-order valence-corrected chi connectivity index (χ0v) is 16.5. The summed E-state index contributed by atoms with van der Waals surface area (Å²) in [5.74, 6) is 1.80. The van der Waals surface area contributed by atoms with Gasteiger partial charge in [0.1, 0.15) is 11.6 Å². The van der Waals surface area contributed by atoms with Crippen LogP contribution in [-0.2, 0) is 4.79 Å². The van der Waals surface area contributed by atoms with Gasteiger partial charge < -0.3 is 19.2 Å². The van der Waals surface area contributed by atoms with Crippen molar-refractivity contribution in [2.45, 2.75) is 33.2 Å². The summed E-state index contributed by atoms with van der Waals surface area (Å²) in [6, 6.07) is 14.6. The Hall–Kier alpha value is -3.02. The number of ether oxygens (including phenoxy) is 2. The monoisotopic (exact) mass is 382 g/mol. The normalized spacial score (nSPS) is 12.1. The van der Waals surface area contributed by atoms with E-state index in [0.29, 0.717) is 41.9 Å². The molecule has 148 valence electrons. The summed E-state index contributed by atoms with van der Waals surface area (Å²) in [4.78, 5) is 17.1. The van der Waals surface area contributed by atoms with Crippen molar-refractivity contribution >= 4 is 17.0 Å². The predicted octanol–water partition coefficient (Wildman–Crippen LogP) is 4.51. The molecule has 6 nitrogen and oxygen atoms in total. The third-order valence-corrected chi connectivity index (χ3v) is 4.16. The molecule has 1 heterocycles. The van der Waals surface area contributed by atoms with Crippen LogP contribution >= 0.6 is 0 Å². The van der Waals surface area contributed by atoms with Crippen molar-refractivity contribution in [3.63, 3.8) is 0 Å². The van der Waals surface area contributed by atoms with Crippen molar-refractivity contribution in [1.82, 2.24) is 10.3 Å². The Kier molecular flexibility index (Phi) is 6.53. The van der Waals surface area contributed by atoms with Crippen molar-refractivity contribution in [1.29, 1.82) is 0 Å². The van der Waals surface area contributed by atoms with Crippen molar-refractivity contribution < 1.29 is 18.7 Å². The first kappa shape index (κ1) is 19.7. The zero-order chi connectivity index (χ0) is 19.9. The molecule has 0 bridgehead atoms. The standard InChI is InChI=1S/C22H26N2O4/c1-4-26-19-11-7-8-12-20(19)27-14-21(25)23-17(13-15(2)3)22-24-16-9-5-6-10-18(16)28-22/h5-12,15,17H,4,13-14H2,1-3H3,(H,23,25)/t17-/m1/s1. The molecule has 0 aliphatic carbocycles. The average molecular weight is 382 g/mol. The van der Waals surface area contributed by atoms with Crippen LogP contribution in [0.5, 0.6) is 11.5 Å². The van der Waals surface area contributed by atoms with E-state index in [1.807, 2.05) is 49.4 Å². The molecule has 0 fully saturated rings. The Bertz CT molecular complexity index is 887. The number of amides is 1. The molecule has 0 spiro atoms. The van der Waals surface area contributed by atoms with Gasteiger partial charge >= 0.3 is 0 Å². The van der Waals surface area contributed by atoms with Crippen molar-refractivity contribution in [3.8, 4) is 11.5 Å². The van der Waals surface area contributed by atoms with Crippen molar-refractivity contribution in [3.05, 3.63) is 54.4 Å². The summed E-state index contributed by atoms with van der Waals surface area (Å²) in [5.41, 5.74) is 1.49. The molecule has 1 aromatic heterocycles. The summed E-state index contributed by atoms with van der Waals surface area (Å²) in [6.07, 6.45) is 0.716. The van der Waals surface area contributed by atoms with Gasteiger partial charge in [-0.3, -0.25) is 4.79 Å². The fraction of sp³-hybridized carbons (Fsp3) is 0.364. The number of oxazole rings is 1. The Labute approximate surface area is 164 Å². The fourth-order valence-corrected chi connectivity index (χ4v) is 2.96. The van der Waals surface area contributed by atoms with E-state index >= 15 is 0 Å². The summed E-state index contributed by atoms with van der Waals surface area (Å²) in [5, 5.41) is 2.99. The molecule has 0 saturated carbocycles. The minimum absolute atomic E-state index is 0.112. The van der Waals surface area contributed by atoms with Crippen LogP contribution in [0.4, 0.5) is 0 Å². The molecule has 6 heteroatoms. The number of hydrogen-bond donors (Lipinski definition) is 1. The SMILES string of the molecule is CCOc1ccccc1OCC(=O)N[C@H](CC(C)C)c1nc2ccccc2o1. The molecule has 1 amide bonds. The van der Waals surface area contributed by atoms with Crippen LogP contribution in [0.25, 0.3) is 11.1 Å². The van der Waals surface area contributed by atoms with Gasteiger partial charge in [-0.2, -0.15) is 0 Å². The maximum absolute atomic E-state index is 12.5. The number of carbonyl (C=O) groups excluding carboxylic acids is 1. The number of nitrogens with zero attached hydrogens (tertiary/aromatic N) is 1. The molecule has 0 aliphatic rings. The molecule has 2 aromatic carbocycles. The maximum atomic E-state index is 12.5. The van der Waals surface area contributed by atoms with Gasteiger partial charge in [0.15, 0.2) is 23.7 Å². The quantitative estimate of drug-likeness (QED) is 0.589. The Morgan fingerprint density at radius 1 is 1.07 bits per heavy atom. The summed E-state index contributed by atoms with van der Waals surface area (Å²) >= 11 is 0. The molecule has 0 aliphatic heterocycles. The largest absolute Gasteiger partial charge is 0.490 e. The van der Waals surface area contributed by atoms with Crippen molar-refractivity contribution in [2.24, 2.45) is 5.92 Å². The lowest BCUT2D eigenvalue weighted by atomic mass is 10.0. The molecule has 1 atom stereocenters. The van der Waals surface area contributed by atoms with E-state index in [-0.39, 0.29) is 18.6 Å². The fourth-order valence-electron chi connectivity index (χ4n) is 2.96. The van der Waals surface area contributed by atoms with Crippen molar-refractivity contribution in [2.75, 3.05) is 13.2 Å². The van der Waals surface area contributed by atoms with E-state index in [1.54, 1.807) is 6.07 Å². The molecule has 0 saturated heterocycles. The van der Waals surface area contributed by atoms with Gasteiger partial charge in [0.2, 0.25) is 5.89 Å². The van der Waals surface area contributed by atoms with E-state index < -0.39 is 0 Å². The highest BCUT2D eigenvalue weighted by atomic mass is 16.5. The van der Waals surface area contributed by atoms with Crippen LogP contribution < -0.4 is 14.8 Å². The lowest BCUT2D eigenvalue weighted by Crippen LogP contribution is -2.33. The highest BCUT2D eigenvalue weighted by molar-refractivity contribution is 5.78. The molecule has 0 unspecified atom stereocenters. The third kappa shape index (κ3) is 5.03. The number of fused-ring (bicyclic) bond motifs is 1. The van der Waals surface area contributed by atoms with Gasteiger partial charge in [-0.15, -0.1) is 0 Å². The molecule has 3 aromatic rings. The first-order valence-electron chi connectivity index (χ1n) is 9.56. The van der Waals surface area contributed by atoms with Crippen LogP contribution in [0, 0.1) is 5.92 Å². The van der Waals surface area contributed by atoms with Crippen LogP contribution in [0.15, 0.2) is 52.9 Å². The number of rotatable bonds is 9. The predicted molar refractivity (Wildman–Crippen MR) is 107 cm³/mol. The van der Waals surface area contributed by atoms with Gasteiger partial charge in [-0.1, -0.05) is 38.1 Å². The molecule has 1 N–H and O–H groups in total. The smallest absolute Gasteiger partial charge is 0.258 e. The first-order valence-corrected chi connectivity index (χ1v) is 9.56. The Balaban J connectivity index is 1.68. The molecule has 0 radical (unpaired) electrons. The van der Waals surface area contributed by atoms with Gasteiger partial charge in [-0.25, -0.2) is 4.98 Å². The van der Waals surface area contributed by atoms with E-state index in [0.717, 1.165) is 5.52 Å². The lowest BCUT2D eigenvalue weighted by molar-refractivity contribution is -0.124. The van der Waals surface area contributed by atoms with Crippen LogP contribution in [0.2, 0.25) is 0 Å². The van der Waals surface area contributed by atoms with Gasteiger partial charge in [-0.05, 0) is 43.5 Å². The van der Waals surface area contributed by atoms with Gasteiger partial charge in [0, 0.05) is 0 Å². The second-order valence-electron chi connectivity index (χ2n) is 6.94. The highest BCUT2D eigenvalue weighted by Gasteiger charge is 2.22. The first-order chi connectivity index (χ1) is 13.6. The molecular weight excluding hydrogens is 356 g/mol. The maximum Gasteiger partial charge on any atom is 0.258 e. The number of aromatic nitrogens is 1. The zero-order valence-electron chi connectivity index (χ0n) is 16.5. The number of benzene rings is 2. The number of para-hydroxylation sites is 4. The van der Waals surface area contributed by atoms with E-state index in [9.17, 15) is 4.79 Å². The van der Waals surface area contributed by atoms with Crippen LogP contribution in [-0.4, -0.2) is 24.1 Å². The third-order valence-electron chi connectivity index (χ3n) is 4.16. The summed E-state index contributed by atoms with van der Waals surface area (Å²) < 4.78 is 17.0. The van der Waals surface area contributed by atoms with E-state index in [1.165, 1.54) is 0 Å². The van der Waals surface area contributed by atoms with Gasteiger partial charge in [0.05, 0.1) is 6.61 Å². The Morgan fingerprint density at radius 3 is 2.43 bits per heavy atom. The molecular formula is C22H26N2O4. The average Bonchev–Trinajstić information content (AvgIpc) is 3.11. The minimum Gasteiger partial charge on any atom is -0.490 e. The number of nitrogens with one attached hydrogen (secondary N) is 1. The topological polar surface area (TPSA) is 73.6 Å². The second kappa shape index (κ2) is 9.26. The second-order valence-corrected chi connectivity index (χ2v) is 6.94. The highest BCUT2D eigenvalue weighted by Crippen LogP contribution is 2.27. The summed E-state index contributed by atoms with van der Waals surface area (Å²) in [7, 11) is 0.